The Morgan fingerprint density at radius 2 is 1.42 bits per heavy atom. The summed E-state index contributed by atoms with van der Waals surface area (Å²) in [5.41, 5.74) is 6.40. The summed E-state index contributed by atoms with van der Waals surface area (Å²) >= 11 is 0. The van der Waals surface area contributed by atoms with Crippen molar-refractivity contribution in [3.63, 3.8) is 0 Å². The fourth-order valence-corrected chi connectivity index (χ4v) is 4.06. The van der Waals surface area contributed by atoms with Gasteiger partial charge in [0.15, 0.2) is 0 Å². The maximum absolute atomic E-state index is 14.9. The zero-order valence-electron chi connectivity index (χ0n) is 19.4. The van der Waals surface area contributed by atoms with E-state index in [1.807, 2.05) is 43.3 Å². The second-order valence-electron chi connectivity index (χ2n) is 8.36. The van der Waals surface area contributed by atoms with Gasteiger partial charge in [0.1, 0.15) is 5.82 Å². The number of aryl methyl sites for hydroxylation is 2. The van der Waals surface area contributed by atoms with E-state index in [4.69, 9.17) is 0 Å². The van der Waals surface area contributed by atoms with Gasteiger partial charge in [0, 0.05) is 16.5 Å². The van der Waals surface area contributed by atoms with Crippen LogP contribution in [0.15, 0.2) is 91.0 Å². The molecule has 4 aromatic carbocycles. The fourth-order valence-electron chi connectivity index (χ4n) is 4.06. The summed E-state index contributed by atoms with van der Waals surface area (Å²) in [6.45, 7) is 4.19. The van der Waals surface area contributed by atoms with Gasteiger partial charge < -0.3 is 0 Å². The largest absolute Gasteiger partial charge is 0.206 e. The Labute approximate surface area is 196 Å². The highest BCUT2D eigenvalue weighted by atomic mass is 19.1. The lowest BCUT2D eigenvalue weighted by Gasteiger charge is -2.06. The van der Waals surface area contributed by atoms with Crippen molar-refractivity contribution in [3.05, 3.63) is 119 Å². The van der Waals surface area contributed by atoms with E-state index in [1.54, 1.807) is 0 Å². The van der Waals surface area contributed by atoms with Crippen LogP contribution in [0.3, 0.4) is 0 Å². The van der Waals surface area contributed by atoms with Crippen molar-refractivity contribution in [2.75, 3.05) is 0 Å². The maximum Gasteiger partial charge on any atom is 0.134 e. The van der Waals surface area contributed by atoms with Gasteiger partial charge in [-0.15, -0.1) is 0 Å². The van der Waals surface area contributed by atoms with Gasteiger partial charge in [-0.1, -0.05) is 91.9 Å². The van der Waals surface area contributed by atoms with Gasteiger partial charge in [-0.05, 0) is 78.1 Å². The van der Waals surface area contributed by atoms with Crippen molar-refractivity contribution in [3.8, 4) is 23.0 Å². The van der Waals surface area contributed by atoms with Gasteiger partial charge in [0.2, 0.25) is 0 Å². The molecule has 0 unspecified atom stereocenters. The smallest absolute Gasteiger partial charge is 0.134 e. The summed E-state index contributed by atoms with van der Waals surface area (Å²) in [6.07, 6.45) is 7.92. The third kappa shape index (κ3) is 5.60. The summed E-state index contributed by atoms with van der Waals surface area (Å²) < 4.78 is 14.9. The van der Waals surface area contributed by atoms with Crippen LogP contribution in [-0.4, -0.2) is 0 Å². The Morgan fingerprint density at radius 1 is 0.758 bits per heavy atom. The molecule has 0 aliphatic carbocycles. The highest BCUT2D eigenvalue weighted by molar-refractivity contribution is 5.85. The predicted molar refractivity (Wildman–Crippen MR) is 139 cm³/mol. The molecule has 33 heavy (non-hydrogen) atoms. The number of hydrogen-bond acceptors (Lipinski definition) is 0. The van der Waals surface area contributed by atoms with E-state index >= 15 is 0 Å². The SMILES string of the molecule is C/C=C/CCc1ccc2cc(C#Cc3ccc(-c4ccc(CCC)cc4)cc3)ccc2c1F. The van der Waals surface area contributed by atoms with Crippen molar-refractivity contribution in [1.29, 1.82) is 0 Å². The Balaban J connectivity index is 1.50. The van der Waals surface area contributed by atoms with Crippen molar-refractivity contribution < 1.29 is 4.39 Å². The Kier molecular flexibility index (Phi) is 7.38. The molecule has 0 spiro atoms. The van der Waals surface area contributed by atoms with E-state index < -0.39 is 0 Å². The first-order chi connectivity index (χ1) is 16.2. The summed E-state index contributed by atoms with van der Waals surface area (Å²) in [7, 11) is 0. The minimum absolute atomic E-state index is 0.116. The van der Waals surface area contributed by atoms with E-state index in [0.29, 0.717) is 11.8 Å². The van der Waals surface area contributed by atoms with E-state index in [-0.39, 0.29) is 5.82 Å². The van der Waals surface area contributed by atoms with Crippen LogP contribution in [0, 0.1) is 17.7 Å². The van der Waals surface area contributed by atoms with Gasteiger partial charge in [0.05, 0.1) is 0 Å². The first-order valence-electron chi connectivity index (χ1n) is 11.7. The maximum atomic E-state index is 14.9. The topological polar surface area (TPSA) is 0 Å². The fraction of sp³-hybridized carbons (Fsp3) is 0.188. The standard InChI is InChI=1S/C32H29F/c1-3-5-6-8-29-20-21-30-23-26(15-22-31(30)32(29)33)10-9-25-13-18-28(19-14-25)27-16-11-24(7-4-2)12-17-27/h3,5,11-23H,4,6-8H2,1-2H3/b5-3+. The highest BCUT2D eigenvalue weighted by Crippen LogP contribution is 2.24. The average Bonchev–Trinajstić information content (AvgIpc) is 2.85. The van der Waals surface area contributed by atoms with Crippen LogP contribution in [0.1, 0.15) is 48.9 Å². The molecule has 0 saturated heterocycles. The number of fused-ring (bicyclic) bond motifs is 1. The van der Waals surface area contributed by atoms with Crippen molar-refractivity contribution >= 4 is 10.8 Å². The summed E-state index contributed by atoms with van der Waals surface area (Å²) in [5.74, 6) is 6.35. The molecule has 0 radical (unpaired) electrons. The van der Waals surface area contributed by atoms with Crippen molar-refractivity contribution in [2.45, 2.75) is 39.5 Å². The monoisotopic (exact) mass is 432 g/mol. The van der Waals surface area contributed by atoms with E-state index in [9.17, 15) is 4.39 Å². The van der Waals surface area contributed by atoms with Crippen LogP contribution >= 0.6 is 0 Å². The summed E-state index contributed by atoms with van der Waals surface area (Å²) in [5, 5.41) is 1.55. The summed E-state index contributed by atoms with van der Waals surface area (Å²) in [6, 6.07) is 26.7. The highest BCUT2D eigenvalue weighted by Gasteiger charge is 2.07. The molecule has 0 aliphatic rings. The molecule has 0 N–H and O–H groups in total. The first kappa shape index (κ1) is 22.6. The molecule has 4 rings (SSSR count). The van der Waals surface area contributed by atoms with Crippen LogP contribution in [0.4, 0.5) is 4.39 Å². The Morgan fingerprint density at radius 3 is 2.12 bits per heavy atom. The van der Waals surface area contributed by atoms with Crippen LogP contribution in [-0.2, 0) is 12.8 Å². The quantitative estimate of drug-likeness (QED) is 0.212. The van der Waals surface area contributed by atoms with Crippen LogP contribution in [0.2, 0.25) is 0 Å². The van der Waals surface area contributed by atoms with Gasteiger partial charge >= 0.3 is 0 Å². The second-order valence-corrected chi connectivity index (χ2v) is 8.36. The molecule has 0 amide bonds. The van der Waals surface area contributed by atoms with E-state index in [0.717, 1.165) is 41.3 Å². The third-order valence-electron chi connectivity index (χ3n) is 5.91. The minimum atomic E-state index is -0.116. The van der Waals surface area contributed by atoms with E-state index in [2.05, 4.69) is 73.4 Å². The van der Waals surface area contributed by atoms with Crippen LogP contribution in [0.25, 0.3) is 21.9 Å². The van der Waals surface area contributed by atoms with Gasteiger partial charge in [-0.3, -0.25) is 0 Å². The van der Waals surface area contributed by atoms with Gasteiger partial charge in [0.25, 0.3) is 0 Å². The number of benzene rings is 4. The number of allylic oxidation sites excluding steroid dienone is 2. The molecule has 0 aliphatic heterocycles. The molecule has 0 saturated carbocycles. The average molecular weight is 433 g/mol. The lowest BCUT2D eigenvalue weighted by Crippen LogP contribution is -1.92. The molecule has 0 heterocycles. The predicted octanol–water partition coefficient (Wildman–Crippen LogP) is 8.51. The van der Waals surface area contributed by atoms with E-state index in [1.165, 1.54) is 16.7 Å². The Hall–Kier alpha value is -3.63. The zero-order valence-corrected chi connectivity index (χ0v) is 19.4. The number of hydrogen-bond donors (Lipinski definition) is 0. The zero-order chi connectivity index (χ0) is 23.0. The molecule has 164 valence electrons. The molecule has 0 bridgehead atoms. The van der Waals surface area contributed by atoms with Crippen LogP contribution < -0.4 is 0 Å². The summed E-state index contributed by atoms with van der Waals surface area (Å²) in [4.78, 5) is 0. The van der Waals surface area contributed by atoms with Gasteiger partial charge in [-0.2, -0.15) is 0 Å². The first-order valence-corrected chi connectivity index (χ1v) is 11.7. The molecule has 0 atom stereocenters. The molecular weight excluding hydrogens is 403 g/mol. The third-order valence-corrected chi connectivity index (χ3v) is 5.91. The molecule has 4 aromatic rings. The molecule has 0 nitrogen and oxygen atoms in total. The number of rotatable bonds is 6. The molecule has 0 aromatic heterocycles. The normalized spacial score (nSPS) is 11.0. The minimum Gasteiger partial charge on any atom is -0.206 e. The Bertz CT molecular complexity index is 1310. The van der Waals surface area contributed by atoms with Crippen molar-refractivity contribution in [1.82, 2.24) is 0 Å². The lowest BCUT2D eigenvalue weighted by molar-refractivity contribution is 0.621. The molecular formula is C32H29F. The molecule has 0 fully saturated rings. The second kappa shape index (κ2) is 10.8. The van der Waals surface area contributed by atoms with Crippen molar-refractivity contribution in [2.24, 2.45) is 0 Å². The number of halogens is 1. The lowest BCUT2D eigenvalue weighted by atomic mass is 10.0. The van der Waals surface area contributed by atoms with Gasteiger partial charge in [-0.25, -0.2) is 4.39 Å². The molecule has 1 heteroatoms. The van der Waals surface area contributed by atoms with Crippen LogP contribution in [0.5, 0.6) is 0 Å².